The minimum atomic E-state index is -4.78. The molecule has 0 aromatic carbocycles. The Balaban J connectivity index is 2.26. The van der Waals surface area contributed by atoms with Crippen molar-refractivity contribution >= 4 is 25.7 Å². The van der Waals surface area contributed by atoms with Crippen molar-refractivity contribution in [2.45, 2.75) is 6.23 Å². The van der Waals surface area contributed by atoms with Crippen LogP contribution in [0.25, 0.3) is 0 Å². The number of phosphoric ester groups is 1. The molecule has 0 amide bonds. The maximum absolute atomic E-state index is 10.9. The lowest BCUT2D eigenvalue weighted by Crippen LogP contribution is -2.16. The second-order valence-electron chi connectivity index (χ2n) is 3.51. The van der Waals surface area contributed by atoms with E-state index in [0.29, 0.717) is 0 Å². The highest BCUT2D eigenvalue weighted by molar-refractivity contribution is 7.46. The molecule has 0 saturated carbocycles. The Morgan fingerprint density at radius 1 is 1.30 bits per heavy atom. The van der Waals surface area contributed by atoms with Gasteiger partial charge in [-0.3, -0.25) is 4.52 Å². The predicted octanol–water partition coefficient (Wildman–Crippen LogP) is -0.151. The maximum atomic E-state index is 10.9. The molecule has 0 aliphatic rings. The third kappa shape index (κ3) is 3.90. The molecule has 0 saturated heterocycles. The number of nitrogens with two attached hydrogens (primary N) is 2. The zero-order valence-corrected chi connectivity index (χ0v) is 10.8. The van der Waals surface area contributed by atoms with Gasteiger partial charge >= 0.3 is 7.82 Å². The Hall–Kier alpha value is -2.20. The van der Waals surface area contributed by atoms with Crippen molar-refractivity contribution in [3.8, 4) is 0 Å². The van der Waals surface area contributed by atoms with Crippen molar-refractivity contribution in [3.63, 3.8) is 0 Å². The SMILES string of the molecule is Nc1nc(N)nc(NC(OP(=O)(O)O)c2ccco2)n1. The molecule has 0 bridgehead atoms. The van der Waals surface area contributed by atoms with Crippen LogP contribution in [-0.4, -0.2) is 24.7 Å². The monoisotopic (exact) mass is 302 g/mol. The number of furan rings is 1. The third-order valence-electron chi connectivity index (χ3n) is 1.97. The van der Waals surface area contributed by atoms with E-state index in [-0.39, 0.29) is 23.6 Å². The molecule has 1 atom stereocenters. The summed E-state index contributed by atoms with van der Waals surface area (Å²) < 4.78 is 20.5. The predicted molar refractivity (Wildman–Crippen MR) is 66.9 cm³/mol. The van der Waals surface area contributed by atoms with Crippen molar-refractivity contribution in [2.24, 2.45) is 0 Å². The first-order chi connectivity index (χ1) is 9.33. The van der Waals surface area contributed by atoms with Gasteiger partial charge in [-0.15, -0.1) is 0 Å². The second kappa shape index (κ2) is 5.43. The summed E-state index contributed by atoms with van der Waals surface area (Å²) in [7, 11) is -4.78. The van der Waals surface area contributed by atoms with Gasteiger partial charge in [0.25, 0.3) is 0 Å². The molecule has 11 nitrogen and oxygen atoms in total. The van der Waals surface area contributed by atoms with E-state index in [0.717, 1.165) is 0 Å². The summed E-state index contributed by atoms with van der Waals surface area (Å²) in [5.41, 5.74) is 10.8. The Morgan fingerprint density at radius 2 is 1.95 bits per heavy atom. The van der Waals surface area contributed by atoms with Gasteiger partial charge < -0.3 is 31.0 Å². The number of nitrogens with zero attached hydrogens (tertiary/aromatic N) is 3. The summed E-state index contributed by atoms with van der Waals surface area (Å²) >= 11 is 0. The molecule has 7 N–H and O–H groups in total. The third-order valence-corrected chi connectivity index (χ3v) is 2.46. The van der Waals surface area contributed by atoms with Gasteiger partial charge in [-0.25, -0.2) is 4.57 Å². The van der Waals surface area contributed by atoms with Crippen LogP contribution < -0.4 is 16.8 Å². The largest absolute Gasteiger partial charge is 0.471 e. The van der Waals surface area contributed by atoms with E-state index in [4.69, 9.17) is 25.7 Å². The van der Waals surface area contributed by atoms with Crippen LogP contribution in [0.4, 0.5) is 17.8 Å². The minimum Gasteiger partial charge on any atom is -0.465 e. The van der Waals surface area contributed by atoms with E-state index in [1.807, 2.05) is 0 Å². The fourth-order valence-electron chi connectivity index (χ4n) is 1.32. The van der Waals surface area contributed by atoms with E-state index in [2.05, 4.69) is 24.8 Å². The second-order valence-corrected chi connectivity index (χ2v) is 4.70. The summed E-state index contributed by atoms with van der Waals surface area (Å²) in [4.78, 5) is 28.7. The average Bonchev–Trinajstić information content (AvgIpc) is 2.77. The topological polar surface area (TPSA) is 183 Å². The maximum Gasteiger partial charge on any atom is 0.471 e. The van der Waals surface area contributed by atoms with E-state index in [1.165, 1.54) is 18.4 Å². The van der Waals surface area contributed by atoms with Gasteiger partial charge in [0, 0.05) is 0 Å². The van der Waals surface area contributed by atoms with E-state index in [1.54, 1.807) is 0 Å². The highest BCUT2D eigenvalue weighted by atomic mass is 31.2. The first kappa shape index (κ1) is 14.2. The van der Waals surface area contributed by atoms with Gasteiger partial charge in [0.1, 0.15) is 0 Å². The highest BCUT2D eigenvalue weighted by Crippen LogP contribution is 2.42. The van der Waals surface area contributed by atoms with E-state index < -0.39 is 14.1 Å². The van der Waals surface area contributed by atoms with Crippen LogP contribution >= 0.6 is 7.82 Å². The number of phosphoric acid groups is 1. The standard InChI is InChI=1S/C8H11N6O5P/c9-6-12-7(10)14-8(13-6)11-5(19-20(15,16)17)4-2-1-3-18-4/h1-3,5H,(H2,15,16,17)(H5,9,10,11,12,13,14). The molecule has 0 aliphatic heterocycles. The van der Waals surface area contributed by atoms with Crippen molar-refractivity contribution in [1.29, 1.82) is 0 Å². The summed E-state index contributed by atoms with van der Waals surface area (Å²) in [6.45, 7) is 0. The van der Waals surface area contributed by atoms with Gasteiger partial charge in [-0.2, -0.15) is 15.0 Å². The van der Waals surface area contributed by atoms with E-state index in [9.17, 15) is 4.57 Å². The number of anilines is 3. The Bertz CT molecular complexity index is 608. The molecule has 2 aromatic rings. The smallest absolute Gasteiger partial charge is 0.465 e. The summed E-state index contributed by atoms with van der Waals surface area (Å²) in [6, 6.07) is 2.96. The lowest BCUT2D eigenvalue weighted by atomic mass is 10.4. The van der Waals surface area contributed by atoms with Gasteiger partial charge in [0.15, 0.2) is 5.76 Å². The fourth-order valence-corrected chi connectivity index (χ4v) is 1.75. The zero-order chi connectivity index (χ0) is 14.8. The van der Waals surface area contributed by atoms with Crippen LogP contribution in [0.2, 0.25) is 0 Å². The van der Waals surface area contributed by atoms with Crippen LogP contribution in [0.5, 0.6) is 0 Å². The van der Waals surface area contributed by atoms with Gasteiger partial charge in [-0.1, -0.05) is 0 Å². The molecular weight excluding hydrogens is 291 g/mol. The van der Waals surface area contributed by atoms with Crippen molar-refractivity contribution in [2.75, 3.05) is 16.8 Å². The molecule has 2 rings (SSSR count). The van der Waals surface area contributed by atoms with Crippen molar-refractivity contribution in [3.05, 3.63) is 24.2 Å². The van der Waals surface area contributed by atoms with Crippen molar-refractivity contribution in [1.82, 2.24) is 15.0 Å². The zero-order valence-electron chi connectivity index (χ0n) is 9.87. The number of aromatic nitrogens is 3. The van der Waals surface area contributed by atoms with Crippen LogP contribution in [0, 0.1) is 0 Å². The molecule has 108 valence electrons. The molecule has 2 heterocycles. The quantitative estimate of drug-likeness (QED) is 0.365. The van der Waals surface area contributed by atoms with Crippen LogP contribution in [-0.2, 0) is 9.09 Å². The van der Waals surface area contributed by atoms with Gasteiger partial charge in [-0.05, 0) is 12.1 Å². The molecule has 0 radical (unpaired) electrons. The van der Waals surface area contributed by atoms with Gasteiger partial charge in [0.05, 0.1) is 6.26 Å². The number of hydrogen-bond donors (Lipinski definition) is 5. The highest BCUT2D eigenvalue weighted by Gasteiger charge is 2.26. The van der Waals surface area contributed by atoms with Crippen LogP contribution in [0.3, 0.4) is 0 Å². The molecule has 1 unspecified atom stereocenters. The summed E-state index contributed by atoms with van der Waals surface area (Å²) in [5.74, 6) is -0.334. The lowest BCUT2D eigenvalue weighted by molar-refractivity contribution is 0.134. The molecular formula is C8H11N6O5P. The first-order valence-corrected chi connectivity index (χ1v) is 6.67. The summed E-state index contributed by atoms with van der Waals surface area (Å²) in [6.07, 6.45) is -0.0181. The Labute approximate surface area is 112 Å². The Kier molecular flexibility index (Phi) is 3.86. The number of nitrogen functional groups attached to an aromatic ring is 2. The van der Waals surface area contributed by atoms with Crippen LogP contribution in [0.15, 0.2) is 22.8 Å². The number of rotatable bonds is 5. The summed E-state index contributed by atoms with van der Waals surface area (Å²) in [5, 5.41) is 2.49. The minimum absolute atomic E-state index is 0.103. The Morgan fingerprint density at radius 3 is 2.45 bits per heavy atom. The lowest BCUT2D eigenvalue weighted by Gasteiger charge is -2.17. The normalized spacial score (nSPS) is 13.1. The molecule has 0 fully saturated rings. The van der Waals surface area contributed by atoms with Crippen molar-refractivity contribution < 1.29 is 23.3 Å². The molecule has 2 aromatic heterocycles. The molecule has 20 heavy (non-hydrogen) atoms. The number of nitrogens with one attached hydrogen (secondary N) is 1. The average molecular weight is 302 g/mol. The van der Waals surface area contributed by atoms with Gasteiger partial charge in [0.2, 0.25) is 24.1 Å². The molecule has 12 heteroatoms. The first-order valence-electron chi connectivity index (χ1n) is 5.14. The van der Waals surface area contributed by atoms with Crippen LogP contribution in [0.1, 0.15) is 12.0 Å². The fraction of sp³-hybridized carbons (Fsp3) is 0.125. The van der Waals surface area contributed by atoms with E-state index >= 15 is 0 Å². The molecule has 0 spiro atoms. The molecule has 0 aliphatic carbocycles. The number of hydrogen-bond acceptors (Lipinski definition) is 9.